The van der Waals surface area contributed by atoms with Crippen LogP contribution in [0, 0.1) is 21.4 Å². The Balaban J connectivity index is 3.39. The molecule has 0 aliphatic carbocycles. The number of para-hydroxylation sites is 1. The molecule has 9 heteroatoms. The summed E-state index contributed by atoms with van der Waals surface area (Å²) < 4.78 is 0. The maximum atomic E-state index is 11.0. The first kappa shape index (κ1) is 14.9. The van der Waals surface area contributed by atoms with Gasteiger partial charge in [0.2, 0.25) is 0 Å². The van der Waals surface area contributed by atoms with Gasteiger partial charge in [-0.2, -0.15) is 5.26 Å². The van der Waals surface area contributed by atoms with Crippen molar-refractivity contribution in [3.8, 4) is 6.07 Å². The number of rotatable bonds is 6. The highest BCUT2D eigenvalue weighted by Crippen LogP contribution is 2.31. The maximum Gasteiger partial charge on any atom is 0.323 e. The number of carbonyl (C=O) groups is 2. The normalized spacial score (nSPS) is 9.55. The summed E-state index contributed by atoms with van der Waals surface area (Å²) in [5.74, 6) is -2.69. The van der Waals surface area contributed by atoms with Crippen molar-refractivity contribution in [2.24, 2.45) is 0 Å². The molecule has 2 N–H and O–H groups in total. The molecule has 104 valence electrons. The van der Waals surface area contributed by atoms with E-state index < -0.39 is 35.6 Å². The minimum absolute atomic E-state index is 0.223. The number of benzene rings is 1. The standard InChI is InChI=1S/C11H9N3O6/c12-4-7-2-1-3-8(11(7)14(19)20)13(5-9(15)16)6-10(17)18/h1-3H,5-6H2,(H,15,16)(H,17,18). The van der Waals surface area contributed by atoms with E-state index in [4.69, 9.17) is 15.5 Å². The van der Waals surface area contributed by atoms with Gasteiger partial charge >= 0.3 is 17.6 Å². The second kappa shape index (κ2) is 6.14. The van der Waals surface area contributed by atoms with Crippen LogP contribution in [-0.2, 0) is 9.59 Å². The number of nitro benzene ring substituents is 1. The minimum Gasteiger partial charge on any atom is -0.480 e. The number of carboxylic acid groups (broad SMARTS) is 2. The predicted molar refractivity (Wildman–Crippen MR) is 65.3 cm³/mol. The van der Waals surface area contributed by atoms with Gasteiger partial charge in [-0.1, -0.05) is 6.07 Å². The summed E-state index contributed by atoms with van der Waals surface area (Å²) in [5.41, 5.74) is -1.11. The molecule has 0 saturated carbocycles. The topological polar surface area (TPSA) is 145 Å². The molecule has 0 atom stereocenters. The highest BCUT2D eigenvalue weighted by molar-refractivity contribution is 5.82. The average Bonchev–Trinajstić information content (AvgIpc) is 2.35. The Hall–Kier alpha value is -3.15. The lowest BCUT2D eigenvalue weighted by Crippen LogP contribution is -2.35. The van der Waals surface area contributed by atoms with Gasteiger partial charge in [-0.25, -0.2) is 0 Å². The van der Waals surface area contributed by atoms with Crippen LogP contribution in [0.5, 0.6) is 0 Å². The summed E-state index contributed by atoms with van der Waals surface area (Å²) in [6, 6.07) is 5.33. The summed E-state index contributed by atoms with van der Waals surface area (Å²) in [4.78, 5) is 32.4. The first-order valence-electron chi connectivity index (χ1n) is 5.23. The van der Waals surface area contributed by atoms with Crippen LogP contribution in [0.4, 0.5) is 11.4 Å². The second-order valence-electron chi connectivity index (χ2n) is 3.69. The Labute approximate surface area is 112 Å². The lowest BCUT2D eigenvalue weighted by Gasteiger charge is -2.20. The van der Waals surface area contributed by atoms with Gasteiger partial charge in [0.1, 0.15) is 30.4 Å². The number of nitrogens with zero attached hydrogens (tertiary/aromatic N) is 3. The van der Waals surface area contributed by atoms with E-state index in [1.54, 1.807) is 6.07 Å². The zero-order valence-electron chi connectivity index (χ0n) is 10.0. The number of aliphatic carboxylic acids is 2. The largest absolute Gasteiger partial charge is 0.480 e. The van der Waals surface area contributed by atoms with Gasteiger partial charge < -0.3 is 15.1 Å². The van der Waals surface area contributed by atoms with E-state index in [1.807, 2.05) is 0 Å². The second-order valence-corrected chi connectivity index (χ2v) is 3.69. The van der Waals surface area contributed by atoms with Gasteiger partial charge in [-0.3, -0.25) is 19.7 Å². The smallest absolute Gasteiger partial charge is 0.323 e. The van der Waals surface area contributed by atoms with Crippen molar-refractivity contribution in [3.63, 3.8) is 0 Å². The van der Waals surface area contributed by atoms with Gasteiger partial charge in [-0.15, -0.1) is 0 Å². The molecule has 9 nitrogen and oxygen atoms in total. The van der Waals surface area contributed by atoms with Crippen molar-refractivity contribution in [3.05, 3.63) is 33.9 Å². The summed E-state index contributed by atoms with van der Waals surface area (Å²) in [5, 5.41) is 37.3. The molecule has 0 bridgehead atoms. The number of carboxylic acids is 2. The molecule has 0 amide bonds. The first-order valence-corrected chi connectivity index (χ1v) is 5.23. The van der Waals surface area contributed by atoms with E-state index in [0.29, 0.717) is 0 Å². The van der Waals surface area contributed by atoms with E-state index in [0.717, 1.165) is 4.90 Å². The number of hydrogen-bond donors (Lipinski definition) is 2. The Kier molecular flexibility index (Phi) is 4.58. The van der Waals surface area contributed by atoms with E-state index in [-0.39, 0.29) is 11.3 Å². The van der Waals surface area contributed by atoms with Crippen LogP contribution in [0.15, 0.2) is 18.2 Å². The molecule has 0 aliphatic rings. The van der Waals surface area contributed by atoms with Crippen molar-refractivity contribution >= 4 is 23.3 Å². The van der Waals surface area contributed by atoms with Crippen molar-refractivity contribution < 1.29 is 24.7 Å². The van der Waals surface area contributed by atoms with Crippen molar-refractivity contribution in [1.29, 1.82) is 5.26 Å². The van der Waals surface area contributed by atoms with Crippen LogP contribution in [-0.4, -0.2) is 40.2 Å². The molecular formula is C11H9N3O6. The molecule has 0 saturated heterocycles. The fourth-order valence-electron chi connectivity index (χ4n) is 1.62. The molecule has 0 unspecified atom stereocenters. The van der Waals surface area contributed by atoms with E-state index >= 15 is 0 Å². The van der Waals surface area contributed by atoms with Crippen molar-refractivity contribution in [2.45, 2.75) is 0 Å². The molecule has 0 spiro atoms. The monoisotopic (exact) mass is 279 g/mol. The van der Waals surface area contributed by atoms with E-state index in [9.17, 15) is 19.7 Å². The highest BCUT2D eigenvalue weighted by atomic mass is 16.6. The molecule has 1 aromatic carbocycles. The zero-order valence-corrected chi connectivity index (χ0v) is 10.0. The Morgan fingerprint density at radius 3 is 2.25 bits per heavy atom. The lowest BCUT2D eigenvalue weighted by molar-refractivity contribution is -0.384. The molecule has 20 heavy (non-hydrogen) atoms. The number of anilines is 1. The van der Waals surface area contributed by atoms with Crippen LogP contribution in [0.25, 0.3) is 0 Å². The number of hydrogen-bond acceptors (Lipinski definition) is 6. The highest BCUT2D eigenvalue weighted by Gasteiger charge is 2.26. The van der Waals surface area contributed by atoms with Gasteiger partial charge in [0.25, 0.3) is 0 Å². The van der Waals surface area contributed by atoms with Gasteiger partial charge in [0, 0.05) is 0 Å². The predicted octanol–water partition coefficient (Wildman–Crippen LogP) is 0.442. The third kappa shape index (κ3) is 3.42. The van der Waals surface area contributed by atoms with Gasteiger partial charge in [-0.05, 0) is 12.1 Å². The molecule has 0 aliphatic heterocycles. The molecule has 0 aromatic heterocycles. The molecule has 1 aromatic rings. The maximum absolute atomic E-state index is 11.0. The quantitative estimate of drug-likeness (QED) is 0.563. The van der Waals surface area contributed by atoms with Crippen LogP contribution in [0.2, 0.25) is 0 Å². The molecule has 1 rings (SSSR count). The fourth-order valence-corrected chi connectivity index (χ4v) is 1.62. The third-order valence-electron chi connectivity index (χ3n) is 2.31. The fraction of sp³-hybridized carbons (Fsp3) is 0.182. The van der Waals surface area contributed by atoms with Crippen LogP contribution in [0.1, 0.15) is 5.56 Å². The summed E-state index contributed by atoms with van der Waals surface area (Å²) in [6.07, 6.45) is 0. The average molecular weight is 279 g/mol. The molecular weight excluding hydrogens is 270 g/mol. The van der Waals surface area contributed by atoms with Crippen LogP contribution in [0.3, 0.4) is 0 Å². The van der Waals surface area contributed by atoms with E-state index in [2.05, 4.69) is 0 Å². The van der Waals surface area contributed by atoms with E-state index in [1.165, 1.54) is 18.2 Å². The first-order chi connectivity index (χ1) is 9.36. The zero-order chi connectivity index (χ0) is 15.3. The Morgan fingerprint density at radius 1 is 1.30 bits per heavy atom. The molecule has 0 radical (unpaired) electrons. The minimum atomic E-state index is -1.34. The number of nitro groups is 1. The molecule has 0 heterocycles. The Morgan fingerprint density at radius 2 is 1.85 bits per heavy atom. The molecule has 0 fully saturated rings. The Bertz CT molecular complexity index is 591. The van der Waals surface area contributed by atoms with Gasteiger partial charge in [0.05, 0.1) is 4.92 Å². The van der Waals surface area contributed by atoms with Crippen LogP contribution < -0.4 is 4.90 Å². The van der Waals surface area contributed by atoms with Crippen molar-refractivity contribution in [1.82, 2.24) is 0 Å². The lowest BCUT2D eigenvalue weighted by atomic mass is 10.1. The summed E-state index contributed by atoms with van der Waals surface area (Å²) >= 11 is 0. The third-order valence-corrected chi connectivity index (χ3v) is 2.31. The number of nitriles is 1. The van der Waals surface area contributed by atoms with Gasteiger partial charge in [0.15, 0.2) is 0 Å². The summed E-state index contributed by atoms with van der Waals surface area (Å²) in [7, 11) is 0. The SMILES string of the molecule is N#Cc1cccc(N(CC(=O)O)CC(=O)O)c1[N+](=O)[O-]. The van der Waals surface area contributed by atoms with Crippen molar-refractivity contribution in [2.75, 3.05) is 18.0 Å². The summed E-state index contributed by atoms with van der Waals surface area (Å²) in [6.45, 7) is -1.47. The van der Waals surface area contributed by atoms with Crippen LogP contribution >= 0.6 is 0 Å².